The third-order valence-electron chi connectivity index (χ3n) is 10.4. The van der Waals surface area contributed by atoms with Crippen LogP contribution in [0.5, 0.6) is 0 Å². The Hall–Kier alpha value is -1.22. The second-order valence-electron chi connectivity index (χ2n) is 15.3. The maximum absolute atomic E-state index is 12.5. The first-order chi connectivity index (χ1) is 26.7. The summed E-state index contributed by atoms with van der Waals surface area (Å²) in [6, 6.07) is 0. The molecular weight excluding hydrogens is 677 g/mol. The Kier molecular flexibility index (Phi) is 43.5. The largest absolute Gasteiger partial charge is 0.466 e. The maximum atomic E-state index is 12.5. The molecule has 1 aliphatic heterocycles. The summed E-state index contributed by atoms with van der Waals surface area (Å²) < 4.78 is 22.6. The van der Waals surface area contributed by atoms with E-state index in [1.54, 1.807) is 0 Å². The minimum absolute atomic E-state index is 0.157. The summed E-state index contributed by atoms with van der Waals surface area (Å²) in [6.45, 7) is 17.9. The van der Waals surface area contributed by atoms with Crippen LogP contribution in [0.3, 0.4) is 0 Å². The molecule has 54 heavy (non-hydrogen) atoms. The Labute approximate surface area is 335 Å². The number of ether oxygens (including phenoxy) is 4. The molecule has 0 aromatic rings. The normalized spacial score (nSPS) is 13.0. The predicted octanol–water partition coefficient (Wildman–Crippen LogP) is 11.7. The van der Waals surface area contributed by atoms with Gasteiger partial charge in [0.15, 0.2) is 0 Å². The third-order valence-corrected chi connectivity index (χ3v) is 10.4. The number of likely N-dealkylation sites (tertiary alicyclic amines) is 1. The molecule has 0 aliphatic carbocycles. The van der Waals surface area contributed by atoms with E-state index in [2.05, 4.69) is 23.6 Å². The molecule has 1 saturated heterocycles. The molecular formula is C46H92N2O6. The number of carbonyl (C=O) groups is 2. The van der Waals surface area contributed by atoms with Gasteiger partial charge in [-0.25, -0.2) is 0 Å². The summed E-state index contributed by atoms with van der Waals surface area (Å²) in [7, 11) is 0. The highest BCUT2D eigenvalue weighted by molar-refractivity contribution is 5.70. The van der Waals surface area contributed by atoms with Gasteiger partial charge in [0.25, 0.3) is 0 Å². The standard InChI is InChI=1S/C44H86N2O6.C2H6/c1-3-5-7-9-11-13-15-17-19-23-37-49-39-25-27-41-51-43(47)29-33-46(36-35-45-31-21-22-32-45)34-30-44(48)52-42-28-26-40-50-38-24-20-18-16-14-12-10-8-6-4-2;1-2/h3-42H2,1-2H3;1-2H3. The molecule has 0 N–H and O–H groups in total. The van der Waals surface area contributed by atoms with Crippen LogP contribution in [0, 0.1) is 0 Å². The van der Waals surface area contributed by atoms with Gasteiger partial charge in [-0.3, -0.25) is 9.59 Å². The highest BCUT2D eigenvalue weighted by atomic mass is 16.5. The Morgan fingerprint density at radius 2 is 0.759 bits per heavy atom. The predicted molar refractivity (Wildman–Crippen MR) is 228 cm³/mol. The van der Waals surface area contributed by atoms with Gasteiger partial charge in [0.1, 0.15) is 0 Å². The summed E-state index contributed by atoms with van der Waals surface area (Å²) in [5.74, 6) is -0.314. The summed E-state index contributed by atoms with van der Waals surface area (Å²) in [6.07, 6.45) is 33.5. The van der Waals surface area contributed by atoms with Crippen LogP contribution in [0.2, 0.25) is 0 Å². The summed E-state index contributed by atoms with van der Waals surface area (Å²) in [5.41, 5.74) is 0. The number of rotatable bonds is 41. The monoisotopic (exact) mass is 769 g/mol. The van der Waals surface area contributed by atoms with Gasteiger partial charge in [-0.15, -0.1) is 0 Å². The Bertz CT molecular complexity index is 711. The molecule has 0 aromatic heterocycles. The van der Waals surface area contributed by atoms with Gasteiger partial charge >= 0.3 is 11.9 Å². The number of hydrogen-bond acceptors (Lipinski definition) is 8. The van der Waals surface area contributed by atoms with E-state index in [1.165, 1.54) is 128 Å². The van der Waals surface area contributed by atoms with Crippen LogP contribution < -0.4 is 0 Å². The van der Waals surface area contributed by atoms with Crippen molar-refractivity contribution in [2.75, 3.05) is 78.9 Å². The van der Waals surface area contributed by atoms with E-state index in [0.717, 1.165) is 91.1 Å². The fourth-order valence-electron chi connectivity index (χ4n) is 6.84. The average Bonchev–Trinajstić information content (AvgIpc) is 3.72. The number of hydrogen-bond donors (Lipinski definition) is 0. The maximum Gasteiger partial charge on any atom is 0.307 e. The Balaban J connectivity index is 0.0000138. The first kappa shape index (κ1) is 52.8. The number of unbranched alkanes of at least 4 members (excludes halogenated alkanes) is 20. The Morgan fingerprint density at radius 1 is 0.444 bits per heavy atom. The van der Waals surface area contributed by atoms with E-state index in [9.17, 15) is 9.59 Å². The zero-order valence-electron chi connectivity index (χ0n) is 36.6. The fourth-order valence-corrected chi connectivity index (χ4v) is 6.84. The van der Waals surface area contributed by atoms with Crippen molar-refractivity contribution in [3.05, 3.63) is 0 Å². The SMILES string of the molecule is CC.CCCCCCCCCCCCOCCCCOC(=O)CCN(CCC(=O)OCCCCOCCCCCCCCCCCC)CCN1CCCC1. The molecule has 0 unspecified atom stereocenters. The van der Waals surface area contributed by atoms with Gasteiger partial charge in [-0.05, 0) is 64.5 Å². The van der Waals surface area contributed by atoms with Crippen molar-refractivity contribution in [1.29, 1.82) is 0 Å². The van der Waals surface area contributed by atoms with Crippen molar-refractivity contribution in [3.8, 4) is 0 Å². The summed E-state index contributed by atoms with van der Waals surface area (Å²) >= 11 is 0. The first-order valence-corrected chi connectivity index (χ1v) is 23.6. The molecule has 0 amide bonds. The van der Waals surface area contributed by atoms with Gasteiger partial charge in [-0.2, -0.15) is 0 Å². The van der Waals surface area contributed by atoms with Crippen LogP contribution in [0.25, 0.3) is 0 Å². The van der Waals surface area contributed by atoms with Gasteiger partial charge in [0.2, 0.25) is 0 Å². The smallest absolute Gasteiger partial charge is 0.307 e. The molecule has 322 valence electrons. The number of esters is 2. The van der Waals surface area contributed by atoms with Gasteiger partial charge < -0.3 is 28.7 Å². The van der Waals surface area contributed by atoms with E-state index >= 15 is 0 Å². The lowest BCUT2D eigenvalue weighted by Gasteiger charge is -2.24. The highest BCUT2D eigenvalue weighted by Crippen LogP contribution is 2.12. The molecule has 0 spiro atoms. The second kappa shape index (κ2) is 44.5. The molecule has 8 nitrogen and oxygen atoms in total. The summed E-state index contributed by atoms with van der Waals surface area (Å²) in [4.78, 5) is 29.7. The lowest BCUT2D eigenvalue weighted by Crippen LogP contribution is -2.36. The van der Waals surface area contributed by atoms with Gasteiger partial charge in [0.05, 0.1) is 26.1 Å². The molecule has 0 bridgehead atoms. The highest BCUT2D eigenvalue weighted by Gasteiger charge is 2.16. The lowest BCUT2D eigenvalue weighted by molar-refractivity contribution is -0.144. The Morgan fingerprint density at radius 3 is 1.13 bits per heavy atom. The molecule has 1 rings (SSSR count). The van der Waals surface area contributed by atoms with Crippen molar-refractivity contribution < 1.29 is 28.5 Å². The third kappa shape index (κ3) is 39.0. The average molecular weight is 769 g/mol. The molecule has 0 atom stereocenters. The molecule has 0 aromatic carbocycles. The van der Waals surface area contributed by atoms with Crippen molar-refractivity contribution in [3.63, 3.8) is 0 Å². The number of carbonyl (C=O) groups excluding carboxylic acids is 2. The number of nitrogens with zero attached hydrogens (tertiary/aromatic N) is 2. The molecule has 1 heterocycles. The quantitative estimate of drug-likeness (QED) is 0.0449. The van der Waals surface area contributed by atoms with Crippen molar-refractivity contribution in [2.24, 2.45) is 0 Å². The van der Waals surface area contributed by atoms with Crippen molar-refractivity contribution in [1.82, 2.24) is 9.80 Å². The van der Waals surface area contributed by atoms with Gasteiger partial charge in [-0.1, -0.05) is 143 Å². The molecule has 0 radical (unpaired) electrons. The van der Waals surface area contributed by atoms with Crippen LogP contribution in [0.1, 0.15) is 207 Å². The van der Waals surface area contributed by atoms with Crippen molar-refractivity contribution in [2.45, 2.75) is 207 Å². The van der Waals surface area contributed by atoms with Crippen LogP contribution in [0.4, 0.5) is 0 Å². The topological polar surface area (TPSA) is 77.5 Å². The first-order valence-electron chi connectivity index (χ1n) is 23.6. The van der Waals surface area contributed by atoms with E-state index in [4.69, 9.17) is 18.9 Å². The zero-order valence-corrected chi connectivity index (χ0v) is 36.6. The van der Waals surface area contributed by atoms with Gasteiger partial charge in [0, 0.05) is 52.6 Å². The minimum Gasteiger partial charge on any atom is -0.466 e. The zero-order chi connectivity index (χ0) is 39.4. The van der Waals surface area contributed by atoms with E-state index in [0.29, 0.717) is 39.1 Å². The molecule has 0 saturated carbocycles. The molecule has 1 aliphatic rings. The van der Waals surface area contributed by atoms with Crippen LogP contribution in [-0.4, -0.2) is 101 Å². The molecule has 8 heteroatoms. The van der Waals surface area contributed by atoms with Crippen molar-refractivity contribution >= 4 is 11.9 Å². The van der Waals surface area contributed by atoms with Crippen LogP contribution >= 0.6 is 0 Å². The van der Waals surface area contributed by atoms with Crippen LogP contribution in [0.15, 0.2) is 0 Å². The minimum atomic E-state index is -0.157. The second-order valence-corrected chi connectivity index (χ2v) is 15.3. The van der Waals surface area contributed by atoms with E-state index in [-0.39, 0.29) is 11.9 Å². The van der Waals surface area contributed by atoms with E-state index in [1.807, 2.05) is 13.8 Å². The van der Waals surface area contributed by atoms with E-state index < -0.39 is 0 Å². The fraction of sp³-hybridized carbons (Fsp3) is 0.957. The summed E-state index contributed by atoms with van der Waals surface area (Å²) in [5, 5.41) is 0. The lowest BCUT2D eigenvalue weighted by atomic mass is 10.1. The van der Waals surface area contributed by atoms with Crippen LogP contribution in [-0.2, 0) is 28.5 Å². The molecule has 1 fully saturated rings.